The topological polar surface area (TPSA) is 6.48 Å². The van der Waals surface area contributed by atoms with E-state index in [2.05, 4.69) is 37.7 Å². The van der Waals surface area contributed by atoms with Gasteiger partial charge in [0.15, 0.2) is 0 Å². The van der Waals surface area contributed by atoms with Crippen molar-refractivity contribution in [3.63, 3.8) is 0 Å². The molecule has 0 aromatic rings. The normalized spacial score (nSPS) is 21.7. The fraction of sp³-hybridized carbons (Fsp3) is 1.00. The standard InChI is InChI=1S/C11H24N2/c1-10(2)9-13-7-5-11(6-8-13)12(3)4/h10-11H,5-9H2,1-4H3. The molecule has 0 unspecified atom stereocenters. The van der Waals surface area contributed by atoms with Crippen molar-refractivity contribution < 1.29 is 0 Å². The van der Waals surface area contributed by atoms with E-state index < -0.39 is 0 Å². The zero-order valence-corrected chi connectivity index (χ0v) is 9.58. The lowest BCUT2D eigenvalue weighted by Gasteiger charge is -2.35. The molecule has 0 bridgehead atoms. The molecule has 13 heavy (non-hydrogen) atoms. The number of piperidine rings is 1. The van der Waals surface area contributed by atoms with Gasteiger partial charge >= 0.3 is 0 Å². The molecule has 2 nitrogen and oxygen atoms in total. The van der Waals surface area contributed by atoms with Crippen LogP contribution in [0.5, 0.6) is 0 Å². The molecule has 1 heterocycles. The van der Waals surface area contributed by atoms with E-state index in [1.54, 1.807) is 0 Å². The van der Waals surface area contributed by atoms with Gasteiger partial charge in [0.25, 0.3) is 0 Å². The molecule has 78 valence electrons. The number of rotatable bonds is 3. The quantitative estimate of drug-likeness (QED) is 0.658. The molecular weight excluding hydrogens is 160 g/mol. The zero-order valence-electron chi connectivity index (χ0n) is 9.58. The van der Waals surface area contributed by atoms with Gasteiger partial charge in [0, 0.05) is 12.6 Å². The molecular formula is C11H24N2. The van der Waals surface area contributed by atoms with Gasteiger partial charge in [-0.05, 0) is 45.9 Å². The van der Waals surface area contributed by atoms with Gasteiger partial charge in [-0.15, -0.1) is 0 Å². The van der Waals surface area contributed by atoms with Crippen molar-refractivity contribution in [2.45, 2.75) is 32.7 Å². The van der Waals surface area contributed by atoms with Gasteiger partial charge in [-0.2, -0.15) is 0 Å². The molecule has 0 aliphatic carbocycles. The van der Waals surface area contributed by atoms with Gasteiger partial charge in [-0.3, -0.25) is 0 Å². The van der Waals surface area contributed by atoms with Crippen LogP contribution in [0.2, 0.25) is 0 Å². The summed E-state index contributed by atoms with van der Waals surface area (Å²) in [4.78, 5) is 4.97. The SMILES string of the molecule is CC(C)CN1CCC(N(C)C)CC1. The summed E-state index contributed by atoms with van der Waals surface area (Å²) < 4.78 is 0. The van der Waals surface area contributed by atoms with Crippen LogP contribution in [0.4, 0.5) is 0 Å². The lowest BCUT2D eigenvalue weighted by Crippen LogP contribution is -2.43. The first-order valence-corrected chi connectivity index (χ1v) is 5.48. The first-order chi connectivity index (χ1) is 6.09. The number of likely N-dealkylation sites (tertiary alicyclic amines) is 1. The number of nitrogens with zero attached hydrogens (tertiary/aromatic N) is 2. The van der Waals surface area contributed by atoms with E-state index in [1.165, 1.54) is 32.5 Å². The van der Waals surface area contributed by atoms with Crippen LogP contribution in [-0.2, 0) is 0 Å². The van der Waals surface area contributed by atoms with E-state index in [4.69, 9.17) is 0 Å². The first kappa shape index (κ1) is 11.0. The zero-order chi connectivity index (χ0) is 9.84. The van der Waals surface area contributed by atoms with Crippen molar-refractivity contribution in [3.05, 3.63) is 0 Å². The maximum atomic E-state index is 2.60. The van der Waals surface area contributed by atoms with Gasteiger partial charge < -0.3 is 9.80 Å². The summed E-state index contributed by atoms with van der Waals surface area (Å²) in [5, 5.41) is 0. The maximum Gasteiger partial charge on any atom is 0.0113 e. The van der Waals surface area contributed by atoms with Crippen LogP contribution in [0.3, 0.4) is 0 Å². The Balaban J connectivity index is 2.22. The molecule has 1 fully saturated rings. The molecule has 0 aromatic heterocycles. The van der Waals surface area contributed by atoms with Gasteiger partial charge in [-0.25, -0.2) is 0 Å². The molecule has 0 radical (unpaired) electrons. The summed E-state index contributed by atoms with van der Waals surface area (Å²) >= 11 is 0. The summed E-state index contributed by atoms with van der Waals surface area (Å²) in [7, 11) is 4.39. The molecule has 0 saturated carbocycles. The third-order valence-electron chi connectivity index (χ3n) is 2.91. The largest absolute Gasteiger partial charge is 0.306 e. The monoisotopic (exact) mass is 184 g/mol. The van der Waals surface area contributed by atoms with E-state index in [0.717, 1.165) is 12.0 Å². The molecule has 0 spiro atoms. The van der Waals surface area contributed by atoms with Crippen LogP contribution in [0, 0.1) is 5.92 Å². The highest BCUT2D eigenvalue weighted by molar-refractivity contribution is 4.77. The molecule has 1 rings (SSSR count). The predicted molar refractivity (Wildman–Crippen MR) is 58.0 cm³/mol. The number of hydrogen-bond donors (Lipinski definition) is 0. The molecule has 2 heteroatoms. The van der Waals surface area contributed by atoms with Crippen molar-refractivity contribution in [2.75, 3.05) is 33.7 Å². The lowest BCUT2D eigenvalue weighted by molar-refractivity contribution is 0.135. The van der Waals surface area contributed by atoms with E-state index in [0.29, 0.717) is 0 Å². The highest BCUT2D eigenvalue weighted by atomic mass is 15.2. The Morgan fingerprint density at radius 2 is 1.77 bits per heavy atom. The van der Waals surface area contributed by atoms with Crippen LogP contribution in [-0.4, -0.2) is 49.6 Å². The Morgan fingerprint density at radius 3 is 2.15 bits per heavy atom. The van der Waals surface area contributed by atoms with Crippen molar-refractivity contribution in [2.24, 2.45) is 5.92 Å². The van der Waals surface area contributed by atoms with Crippen LogP contribution in [0.15, 0.2) is 0 Å². The van der Waals surface area contributed by atoms with Gasteiger partial charge in [0.2, 0.25) is 0 Å². The fourth-order valence-corrected chi connectivity index (χ4v) is 2.13. The second kappa shape index (κ2) is 4.97. The van der Waals surface area contributed by atoms with Crippen molar-refractivity contribution in [1.82, 2.24) is 9.80 Å². The third-order valence-corrected chi connectivity index (χ3v) is 2.91. The van der Waals surface area contributed by atoms with Gasteiger partial charge in [0.1, 0.15) is 0 Å². The molecule has 0 N–H and O–H groups in total. The van der Waals surface area contributed by atoms with E-state index >= 15 is 0 Å². The van der Waals surface area contributed by atoms with Crippen LogP contribution in [0.25, 0.3) is 0 Å². The Bertz CT molecular complexity index is 135. The Labute approximate surface area is 82.9 Å². The lowest BCUT2D eigenvalue weighted by atomic mass is 10.0. The molecule has 0 aromatic carbocycles. The number of hydrogen-bond acceptors (Lipinski definition) is 2. The minimum absolute atomic E-state index is 0.816. The van der Waals surface area contributed by atoms with Crippen LogP contribution >= 0.6 is 0 Å². The van der Waals surface area contributed by atoms with Crippen molar-refractivity contribution in [1.29, 1.82) is 0 Å². The second-order valence-corrected chi connectivity index (χ2v) is 4.89. The summed E-state index contributed by atoms with van der Waals surface area (Å²) in [5.41, 5.74) is 0. The summed E-state index contributed by atoms with van der Waals surface area (Å²) in [6, 6.07) is 0.823. The smallest absolute Gasteiger partial charge is 0.0113 e. The Kier molecular flexibility index (Phi) is 4.20. The third kappa shape index (κ3) is 3.65. The maximum absolute atomic E-state index is 2.60. The predicted octanol–water partition coefficient (Wildman–Crippen LogP) is 1.67. The Hall–Kier alpha value is -0.0800. The van der Waals surface area contributed by atoms with Crippen LogP contribution < -0.4 is 0 Å². The molecule has 0 amide bonds. The Morgan fingerprint density at radius 1 is 1.23 bits per heavy atom. The van der Waals surface area contributed by atoms with E-state index in [1.807, 2.05) is 0 Å². The molecule has 1 aliphatic rings. The summed E-state index contributed by atoms with van der Waals surface area (Å²) in [5.74, 6) is 0.816. The minimum atomic E-state index is 0.816. The van der Waals surface area contributed by atoms with Gasteiger partial charge in [0.05, 0.1) is 0 Å². The average molecular weight is 184 g/mol. The van der Waals surface area contributed by atoms with Crippen LogP contribution in [0.1, 0.15) is 26.7 Å². The molecule has 1 saturated heterocycles. The molecule has 1 aliphatic heterocycles. The second-order valence-electron chi connectivity index (χ2n) is 4.89. The summed E-state index contributed by atoms with van der Waals surface area (Å²) in [6.07, 6.45) is 2.69. The van der Waals surface area contributed by atoms with Gasteiger partial charge in [-0.1, -0.05) is 13.8 Å². The summed E-state index contributed by atoms with van der Waals surface area (Å²) in [6.45, 7) is 8.47. The van der Waals surface area contributed by atoms with E-state index in [-0.39, 0.29) is 0 Å². The highest BCUT2D eigenvalue weighted by Gasteiger charge is 2.20. The fourth-order valence-electron chi connectivity index (χ4n) is 2.13. The van der Waals surface area contributed by atoms with Crippen molar-refractivity contribution in [3.8, 4) is 0 Å². The minimum Gasteiger partial charge on any atom is -0.306 e. The average Bonchev–Trinajstić information content (AvgIpc) is 2.04. The molecule has 0 atom stereocenters. The van der Waals surface area contributed by atoms with Crippen molar-refractivity contribution >= 4 is 0 Å². The van der Waals surface area contributed by atoms with E-state index in [9.17, 15) is 0 Å². The highest BCUT2D eigenvalue weighted by Crippen LogP contribution is 2.14. The first-order valence-electron chi connectivity index (χ1n) is 5.48.